The number of hydrogen-bond acceptors (Lipinski definition) is 2. The maximum absolute atomic E-state index is 13.6. The summed E-state index contributed by atoms with van der Waals surface area (Å²) < 4.78 is 27.2. The highest BCUT2D eigenvalue weighted by atomic mass is 19.3. The number of nitrogens with one attached hydrogen (secondary N) is 1. The van der Waals surface area contributed by atoms with Gasteiger partial charge in [0, 0.05) is 31.6 Å². The van der Waals surface area contributed by atoms with Gasteiger partial charge in [-0.25, -0.2) is 8.78 Å². The van der Waals surface area contributed by atoms with E-state index in [1.807, 2.05) is 18.7 Å². The molecular formula is C9H16F2N2. The molecule has 2 fully saturated rings. The fourth-order valence-electron chi connectivity index (χ4n) is 2.42. The lowest BCUT2D eigenvalue weighted by Crippen LogP contribution is -2.54. The highest BCUT2D eigenvalue weighted by molar-refractivity contribution is 5.05. The summed E-state index contributed by atoms with van der Waals surface area (Å²) in [4.78, 5) is 1.92. The Bertz CT molecular complexity index is 206. The molecule has 0 aliphatic carbocycles. The van der Waals surface area contributed by atoms with Crippen LogP contribution in [0.2, 0.25) is 0 Å². The predicted octanol–water partition coefficient (Wildman–Crippen LogP) is 0.934. The van der Waals surface area contributed by atoms with E-state index in [0.29, 0.717) is 19.6 Å². The second kappa shape index (κ2) is 2.89. The average molecular weight is 190 g/mol. The summed E-state index contributed by atoms with van der Waals surface area (Å²) in [5, 5.41) is 3.07. The van der Waals surface area contributed by atoms with Crippen LogP contribution in [0.15, 0.2) is 0 Å². The zero-order valence-corrected chi connectivity index (χ0v) is 8.06. The van der Waals surface area contributed by atoms with Crippen molar-refractivity contribution >= 4 is 0 Å². The second-order valence-electron chi connectivity index (χ2n) is 4.34. The molecule has 2 rings (SSSR count). The van der Waals surface area contributed by atoms with Crippen molar-refractivity contribution < 1.29 is 8.78 Å². The zero-order valence-electron chi connectivity index (χ0n) is 8.06. The first-order valence-corrected chi connectivity index (χ1v) is 4.87. The molecule has 2 aliphatic heterocycles. The molecule has 2 bridgehead atoms. The molecule has 76 valence electrons. The summed E-state index contributed by atoms with van der Waals surface area (Å²) >= 11 is 0. The van der Waals surface area contributed by atoms with Gasteiger partial charge in [-0.15, -0.1) is 0 Å². The third kappa shape index (κ3) is 1.27. The number of likely N-dealkylation sites (tertiary alicyclic amines) is 1. The third-order valence-electron chi connectivity index (χ3n) is 3.21. The minimum Gasteiger partial charge on any atom is -0.314 e. The number of nitrogens with zero attached hydrogens (tertiary/aromatic N) is 1. The van der Waals surface area contributed by atoms with Gasteiger partial charge in [0.05, 0.1) is 6.04 Å². The Morgan fingerprint density at radius 1 is 1.38 bits per heavy atom. The van der Waals surface area contributed by atoms with E-state index in [-0.39, 0.29) is 6.04 Å². The molecule has 0 saturated carbocycles. The summed E-state index contributed by atoms with van der Waals surface area (Å²) in [6.07, 6.45) is 0. The number of rotatable bonds is 1. The van der Waals surface area contributed by atoms with Gasteiger partial charge >= 0.3 is 0 Å². The van der Waals surface area contributed by atoms with E-state index in [9.17, 15) is 8.78 Å². The van der Waals surface area contributed by atoms with Crippen molar-refractivity contribution in [1.82, 2.24) is 10.2 Å². The van der Waals surface area contributed by atoms with Gasteiger partial charge in [-0.2, -0.15) is 0 Å². The zero-order chi connectivity index (χ0) is 9.64. The first-order valence-electron chi connectivity index (χ1n) is 4.87. The van der Waals surface area contributed by atoms with Gasteiger partial charge in [0.25, 0.3) is 5.92 Å². The molecular weight excluding hydrogens is 174 g/mol. The van der Waals surface area contributed by atoms with E-state index in [1.165, 1.54) is 0 Å². The molecule has 2 unspecified atom stereocenters. The quantitative estimate of drug-likeness (QED) is 0.662. The molecule has 2 nitrogen and oxygen atoms in total. The van der Waals surface area contributed by atoms with Gasteiger partial charge in [-0.3, -0.25) is 4.90 Å². The van der Waals surface area contributed by atoms with Gasteiger partial charge in [-0.05, 0) is 13.8 Å². The number of hydrogen-bond donors (Lipinski definition) is 1. The Balaban J connectivity index is 2.21. The molecule has 2 aliphatic rings. The van der Waals surface area contributed by atoms with Crippen molar-refractivity contribution in [2.24, 2.45) is 5.92 Å². The lowest BCUT2D eigenvalue weighted by Gasteiger charge is -2.33. The van der Waals surface area contributed by atoms with Gasteiger partial charge in [0.15, 0.2) is 0 Å². The van der Waals surface area contributed by atoms with Crippen LogP contribution in [0.25, 0.3) is 0 Å². The molecule has 13 heavy (non-hydrogen) atoms. The largest absolute Gasteiger partial charge is 0.314 e. The Labute approximate surface area is 77.3 Å². The Morgan fingerprint density at radius 2 is 2.08 bits per heavy atom. The van der Waals surface area contributed by atoms with Crippen LogP contribution in [0.1, 0.15) is 13.8 Å². The van der Waals surface area contributed by atoms with Crippen molar-refractivity contribution in [3.05, 3.63) is 0 Å². The van der Waals surface area contributed by atoms with Crippen molar-refractivity contribution in [3.63, 3.8) is 0 Å². The van der Waals surface area contributed by atoms with Crippen molar-refractivity contribution in [2.45, 2.75) is 31.9 Å². The normalized spacial score (nSPS) is 38.5. The average Bonchev–Trinajstić information content (AvgIpc) is 2.21. The molecule has 2 heterocycles. The van der Waals surface area contributed by atoms with Crippen LogP contribution >= 0.6 is 0 Å². The molecule has 0 aromatic carbocycles. The van der Waals surface area contributed by atoms with Gasteiger partial charge in [0.1, 0.15) is 0 Å². The lowest BCUT2D eigenvalue weighted by molar-refractivity contribution is -0.0790. The van der Waals surface area contributed by atoms with Crippen LogP contribution in [-0.4, -0.2) is 42.5 Å². The molecule has 4 heteroatoms. The summed E-state index contributed by atoms with van der Waals surface area (Å²) in [6, 6.07) is -0.355. The second-order valence-corrected chi connectivity index (χ2v) is 4.34. The van der Waals surface area contributed by atoms with Crippen LogP contribution in [0, 0.1) is 5.92 Å². The van der Waals surface area contributed by atoms with Crippen LogP contribution in [0.3, 0.4) is 0 Å². The molecule has 0 aromatic heterocycles. The van der Waals surface area contributed by atoms with Gasteiger partial charge in [-0.1, -0.05) is 0 Å². The van der Waals surface area contributed by atoms with Crippen molar-refractivity contribution in [2.75, 3.05) is 19.6 Å². The highest BCUT2D eigenvalue weighted by Crippen LogP contribution is 2.41. The molecule has 0 aromatic rings. The molecule has 2 saturated heterocycles. The Hall–Kier alpha value is -0.220. The summed E-state index contributed by atoms with van der Waals surface area (Å²) in [5.74, 6) is -2.95. The van der Waals surface area contributed by atoms with Crippen molar-refractivity contribution in [1.29, 1.82) is 0 Å². The van der Waals surface area contributed by atoms with E-state index >= 15 is 0 Å². The van der Waals surface area contributed by atoms with Gasteiger partial charge < -0.3 is 5.32 Å². The van der Waals surface area contributed by atoms with Crippen molar-refractivity contribution in [3.8, 4) is 0 Å². The number of halogens is 2. The molecule has 1 N–H and O–H groups in total. The lowest BCUT2D eigenvalue weighted by atomic mass is 9.97. The van der Waals surface area contributed by atoms with Crippen LogP contribution in [0.5, 0.6) is 0 Å². The van der Waals surface area contributed by atoms with Crippen LogP contribution < -0.4 is 5.32 Å². The SMILES string of the molecule is CC(C)N1CC2CNCC1C2(F)F. The van der Waals surface area contributed by atoms with E-state index in [0.717, 1.165) is 0 Å². The first kappa shape index (κ1) is 9.34. The Kier molecular flexibility index (Phi) is 2.07. The third-order valence-corrected chi connectivity index (χ3v) is 3.21. The van der Waals surface area contributed by atoms with E-state index in [4.69, 9.17) is 0 Å². The molecule has 0 radical (unpaired) electrons. The number of piperidine rings is 1. The number of fused-ring (bicyclic) bond motifs is 2. The first-order chi connectivity index (χ1) is 6.03. The van der Waals surface area contributed by atoms with E-state index in [2.05, 4.69) is 5.32 Å². The van der Waals surface area contributed by atoms with Crippen LogP contribution in [0.4, 0.5) is 8.78 Å². The number of alkyl halides is 2. The fraction of sp³-hybridized carbons (Fsp3) is 1.00. The topological polar surface area (TPSA) is 15.3 Å². The Morgan fingerprint density at radius 3 is 2.62 bits per heavy atom. The minimum atomic E-state index is -2.48. The summed E-state index contributed by atoms with van der Waals surface area (Å²) in [6.45, 7) is 5.41. The predicted molar refractivity (Wildman–Crippen MR) is 46.9 cm³/mol. The van der Waals surface area contributed by atoms with Crippen LogP contribution in [-0.2, 0) is 0 Å². The van der Waals surface area contributed by atoms with E-state index < -0.39 is 17.9 Å². The monoisotopic (exact) mass is 190 g/mol. The van der Waals surface area contributed by atoms with E-state index in [1.54, 1.807) is 0 Å². The summed E-state index contributed by atoms with van der Waals surface area (Å²) in [5.41, 5.74) is 0. The fourth-order valence-corrected chi connectivity index (χ4v) is 2.42. The highest BCUT2D eigenvalue weighted by Gasteiger charge is 2.58. The minimum absolute atomic E-state index is 0.223. The molecule has 0 amide bonds. The maximum atomic E-state index is 13.6. The standard InChI is InChI=1S/C9H16F2N2/c1-6(2)13-5-7-3-12-4-8(13)9(7,10)11/h6-8,12H,3-5H2,1-2H3. The smallest absolute Gasteiger partial charge is 0.269 e. The molecule has 0 spiro atoms. The molecule has 2 atom stereocenters. The van der Waals surface area contributed by atoms with Gasteiger partial charge in [0.2, 0.25) is 0 Å². The maximum Gasteiger partial charge on any atom is 0.269 e. The summed E-state index contributed by atoms with van der Waals surface area (Å²) in [7, 11) is 0.